The highest BCUT2D eigenvalue weighted by Gasteiger charge is 2.16. The van der Waals surface area contributed by atoms with Crippen LogP contribution < -0.4 is 10.7 Å². The first-order valence-corrected chi connectivity index (χ1v) is 3.99. The Morgan fingerprint density at radius 3 is 3.10 bits per heavy atom. The van der Waals surface area contributed by atoms with Crippen LogP contribution in [0.3, 0.4) is 0 Å². The molecule has 0 bridgehead atoms. The zero-order chi connectivity index (χ0) is 7.40. The maximum absolute atomic E-state index is 4.36. The summed E-state index contributed by atoms with van der Waals surface area (Å²) in [6.07, 6.45) is 0. The highest BCUT2D eigenvalue weighted by Crippen LogP contribution is 1.97. The maximum atomic E-state index is 4.36. The van der Waals surface area contributed by atoms with Crippen molar-refractivity contribution in [1.29, 1.82) is 0 Å². The zero-order valence-corrected chi connectivity index (χ0v) is 6.80. The Morgan fingerprint density at radius 1 is 1.70 bits per heavy atom. The molecule has 10 heavy (non-hydrogen) atoms. The molecule has 3 heteroatoms. The summed E-state index contributed by atoms with van der Waals surface area (Å²) in [4.78, 5) is 0. The largest absolute Gasteiger partial charge is 0.314 e. The summed E-state index contributed by atoms with van der Waals surface area (Å²) in [6.45, 7) is 8.40. The van der Waals surface area contributed by atoms with Crippen molar-refractivity contribution in [2.45, 2.75) is 19.9 Å². The monoisotopic (exact) mass is 142 g/mol. The Bertz CT molecular complexity index is 92.9. The molecule has 1 radical (unpaired) electrons. The van der Waals surface area contributed by atoms with Crippen LogP contribution in [-0.2, 0) is 0 Å². The van der Waals surface area contributed by atoms with Gasteiger partial charge in [0.25, 0.3) is 0 Å². The second-order valence-corrected chi connectivity index (χ2v) is 2.67. The van der Waals surface area contributed by atoms with Crippen molar-refractivity contribution in [1.82, 2.24) is 15.8 Å². The van der Waals surface area contributed by atoms with E-state index < -0.39 is 0 Å². The highest BCUT2D eigenvalue weighted by molar-refractivity contribution is 4.72. The van der Waals surface area contributed by atoms with Crippen molar-refractivity contribution in [3.63, 3.8) is 0 Å². The van der Waals surface area contributed by atoms with Crippen LogP contribution in [0.1, 0.15) is 13.8 Å². The molecule has 0 saturated carbocycles. The Balaban J connectivity index is 2.25. The first-order chi connectivity index (χ1) is 4.84. The van der Waals surface area contributed by atoms with Crippen LogP contribution in [0.15, 0.2) is 0 Å². The van der Waals surface area contributed by atoms with Crippen LogP contribution in [0, 0.1) is 0 Å². The van der Waals surface area contributed by atoms with Gasteiger partial charge in [-0.2, -0.15) is 5.43 Å². The predicted octanol–water partition coefficient (Wildman–Crippen LogP) is -0.181. The number of nitrogens with zero attached hydrogens (tertiary/aromatic N) is 2. The minimum Gasteiger partial charge on any atom is -0.314 e. The van der Waals surface area contributed by atoms with Crippen LogP contribution in [0.2, 0.25) is 0 Å². The van der Waals surface area contributed by atoms with E-state index in [1.165, 1.54) is 0 Å². The van der Waals surface area contributed by atoms with Gasteiger partial charge in [0.2, 0.25) is 0 Å². The van der Waals surface area contributed by atoms with Gasteiger partial charge in [0.15, 0.2) is 0 Å². The number of nitrogens with one attached hydrogen (secondary N) is 1. The summed E-state index contributed by atoms with van der Waals surface area (Å²) < 4.78 is 0. The quantitative estimate of drug-likeness (QED) is 0.579. The molecule has 0 amide bonds. The number of rotatable bonds is 2. The molecule has 1 saturated heterocycles. The Hall–Kier alpha value is -0.120. The molecule has 1 fully saturated rings. The molecule has 1 rings (SSSR count). The standard InChI is InChI=1S/C7H16N3/c1-3-9-10-5-4-8-6-7(10)2/h7-8H,3-6H2,1-2H3. The van der Waals surface area contributed by atoms with Crippen molar-refractivity contribution >= 4 is 0 Å². The molecule has 1 aliphatic rings. The normalized spacial score (nSPS) is 28.8. The van der Waals surface area contributed by atoms with Gasteiger partial charge in [-0.1, -0.05) is 0 Å². The van der Waals surface area contributed by atoms with E-state index in [9.17, 15) is 0 Å². The van der Waals surface area contributed by atoms with E-state index in [4.69, 9.17) is 0 Å². The molecular formula is C7H16N3. The van der Waals surface area contributed by atoms with E-state index in [0.29, 0.717) is 6.04 Å². The molecule has 0 aromatic carbocycles. The molecule has 59 valence electrons. The average molecular weight is 142 g/mol. The van der Waals surface area contributed by atoms with E-state index in [1.54, 1.807) is 0 Å². The smallest absolute Gasteiger partial charge is 0.0356 e. The molecule has 1 N–H and O–H groups in total. The fourth-order valence-corrected chi connectivity index (χ4v) is 1.22. The van der Waals surface area contributed by atoms with E-state index in [2.05, 4.69) is 29.6 Å². The fraction of sp³-hybridized carbons (Fsp3) is 1.00. The van der Waals surface area contributed by atoms with E-state index >= 15 is 0 Å². The molecule has 1 aliphatic heterocycles. The lowest BCUT2D eigenvalue weighted by Crippen LogP contribution is -2.52. The Morgan fingerprint density at radius 2 is 2.50 bits per heavy atom. The minimum absolute atomic E-state index is 0.577. The van der Waals surface area contributed by atoms with Gasteiger partial charge in [0.05, 0.1) is 0 Å². The van der Waals surface area contributed by atoms with Crippen LogP contribution in [0.5, 0.6) is 0 Å². The molecule has 1 heterocycles. The molecule has 1 atom stereocenters. The predicted molar refractivity (Wildman–Crippen MR) is 41.7 cm³/mol. The van der Waals surface area contributed by atoms with Crippen molar-refractivity contribution in [2.75, 3.05) is 26.2 Å². The lowest BCUT2D eigenvalue weighted by atomic mass is 10.2. The first-order valence-electron chi connectivity index (χ1n) is 3.99. The summed E-state index contributed by atoms with van der Waals surface area (Å²) in [5.41, 5.74) is 4.36. The van der Waals surface area contributed by atoms with Crippen LogP contribution in [0.25, 0.3) is 0 Å². The summed E-state index contributed by atoms with van der Waals surface area (Å²) in [7, 11) is 0. The van der Waals surface area contributed by atoms with Crippen molar-refractivity contribution in [3.05, 3.63) is 0 Å². The first kappa shape index (κ1) is 7.98. The van der Waals surface area contributed by atoms with Crippen molar-refractivity contribution in [2.24, 2.45) is 0 Å². The average Bonchev–Trinajstić information content (AvgIpc) is 1.94. The molecule has 0 aromatic heterocycles. The van der Waals surface area contributed by atoms with Gasteiger partial charge in [-0.15, -0.1) is 0 Å². The summed E-state index contributed by atoms with van der Waals surface area (Å²) in [6, 6.07) is 0.577. The molecule has 0 spiro atoms. The van der Waals surface area contributed by atoms with E-state index in [0.717, 1.165) is 26.2 Å². The van der Waals surface area contributed by atoms with Crippen LogP contribution in [0.4, 0.5) is 0 Å². The maximum Gasteiger partial charge on any atom is 0.0356 e. The zero-order valence-electron chi connectivity index (χ0n) is 6.80. The third-order valence-corrected chi connectivity index (χ3v) is 1.79. The van der Waals surface area contributed by atoms with Crippen molar-refractivity contribution in [3.8, 4) is 0 Å². The number of hydrogen-bond donors (Lipinski definition) is 1. The molecular weight excluding hydrogens is 126 g/mol. The fourth-order valence-electron chi connectivity index (χ4n) is 1.22. The topological polar surface area (TPSA) is 29.4 Å². The second-order valence-electron chi connectivity index (χ2n) is 2.67. The number of piperazine rings is 1. The van der Waals surface area contributed by atoms with Crippen LogP contribution >= 0.6 is 0 Å². The molecule has 3 nitrogen and oxygen atoms in total. The van der Waals surface area contributed by atoms with Crippen LogP contribution in [-0.4, -0.2) is 37.2 Å². The summed E-state index contributed by atoms with van der Waals surface area (Å²) in [5, 5.41) is 5.50. The van der Waals surface area contributed by atoms with E-state index in [-0.39, 0.29) is 0 Å². The van der Waals surface area contributed by atoms with Gasteiger partial charge in [-0.05, 0) is 13.8 Å². The minimum atomic E-state index is 0.577. The molecule has 1 unspecified atom stereocenters. The third kappa shape index (κ3) is 1.94. The van der Waals surface area contributed by atoms with Gasteiger partial charge in [0, 0.05) is 32.2 Å². The Kier molecular flexibility index (Phi) is 3.12. The Labute approximate surface area is 62.8 Å². The van der Waals surface area contributed by atoms with E-state index in [1.807, 2.05) is 0 Å². The van der Waals surface area contributed by atoms with Gasteiger partial charge in [-0.3, -0.25) is 0 Å². The SMILES string of the molecule is CC[N]N1CCNCC1C. The summed E-state index contributed by atoms with van der Waals surface area (Å²) in [5.74, 6) is 0. The molecule has 0 aromatic rings. The second kappa shape index (κ2) is 3.91. The lowest BCUT2D eigenvalue weighted by Gasteiger charge is -2.32. The summed E-state index contributed by atoms with van der Waals surface area (Å²) >= 11 is 0. The number of hydrogen-bond acceptors (Lipinski definition) is 2. The van der Waals surface area contributed by atoms with Crippen molar-refractivity contribution < 1.29 is 0 Å². The lowest BCUT2D eigenvalue weighted by molar-refractivity contribution is 0.105. The van der Waals surface area contributed by atoms with Gasteiger partial charge in [0.1, 0.15) is 0 Å². The van der Waals surface area contributed by atoms with Gasteiger partial charge in [-0.25, -0.2) is 5.01 Å². The van der Waals surface area contributed by atoms with Gasteiger partial charge >= 0.3 is 0 Å². The molecule has 0 aliphatic carbocycles. The highest BCUT2D eigenvalue weighted by atomic mass is 15.5. The third-order valence-electron chi connectivity index (χ3n) is 1.79. The van der Waals surface area contributed by atoms with Gasteiger partial charge < -0.3 is 5.32 Å².